The van der Waals surface area contributed by atoms with Crippen molar-refractivity contribution in [1.82, 2.24) is 20.1 Å². The molecule has 3 aromatic rings. The molecule has 33 heavy (non-hydrogen) atoms. The number of pyridine rings is 1. The summed E-state index contributed by atoms with van der Waals surface area (Å²) >= 11 is 0. The number of hydrogen-bond donors (Lipinski definition) is 0. The number of benzene rings is 1. The summed E-state index contributed by atoms with van der Waals surface area (Å²) in [5.74, 6) is 3.09. The maximum Gasteiger partial charge on any atom is 0.224 e. The molecule has 0 saturated heterocycles. The standard InChI is InChI=1S/C25H30N4O4/c1-18(2)24-28-27-22(33-24)12-13-23(30)29-15-6-3-7-16-31-20-10-4-5-11-21(20)32-25-19(17-29)9-8-14-26-25/h4-5,8-11,14,18H,3,6-7,12-13,15-17H2,1-2H3. The van der Waals surface area contributed by atoms with Crippen molar-refractivity contribution in [3.05, 3.63) is 59.9 Å². The maximum atomic E-state index is 13.2. The summed E-state index contributed by atoms with van der Waals surface area (Å²) in [6, 6.07) is 11.4. The molecular weight excluding hydrogens is 420 g/mol. The molecule has 0 atom stereocenters. The Kier molecular flexibility index (Phi) is 7.55. The van der Waals surface area contributed by atoms with Crippen LogP contribution in [0.4, 0.5) is 0 Å². The first kappa shape index (κ1) is 22.8. The number of ether oxygens (including phenoxy) is 2. The Morgan fingerprint density at radius 1 is 1.06 bits per heavy atom. The molecule has 0 bridgehead atoms. The van der Waals surface area contributed by atoms with Gasteiger partial charge in [-0.05, 0) is 37.5 Å². The molecule has 0 saturated carbocycles. The van der Waals surface area contributed by atoms with Crippen molar-refractivity contribution in [3.8, 4) is 17.4 Å². The van der Waals surface area contributed by atoms with Crippen LogP contribution in [0.2, 0.25) is 0 Å². The van der Waals surface area contributed by atoms with Crippen LogP contribution in [-0.4, -0.2) is 39.1 Å². The smallest absolute Gasteiger partial charge is 0.224 e. The summed E-state index contributed by atoms with van der Waals surface area (Å²) < 4.78 is 17.7. The third-order valence-corrected chi connectivity index (χ3v) is 5.48. The summed E-state index contributed by atoms with van der Waals surface area (Å²) in [6.45, 7) is 5.67. The number of fused-ring (bicyclic) bond motifs is 2. The Hall–Kier alpha value is -3.42. The predicted molar refractivity (Wildman–Crippen MR) is 122 cm³/mol. The normalized spacial score (nSPS) is 14.7. The van der Waals surface area contributed by atoms with E-state index >= 15 is 0 Å². The Bertz CT molecular complexity index is 1070. The fraction of sp³-hybridized carbons (Fsp3) is 0.440. The van der Waals surface area contributed by atoms with Gasteiger partial charge in [0.2, 0.25) is 23.6 Å². The first-order valence-corrected chi connectivity index (χ1v) is 11.5. The average Bonchev–Trinajstić information content (AvgIpc) is 3.30. The number of rotatable bonds is 4. The maximum absolute atomic E-state index is 13.2. The number of para-hydroxylation sites is 2. The summed E-state index contributed by atoms with van der Waals surface area (Å²) in [5, 5.41) is 8.13. The van der Waals surface area contributed by atoms with Gasteiger partial charge < -0.3 is 18.8 Å². The molecule has 1 aliphatic heterocycles. The van der Waals surface area contributed by atoms with Crippen molar-refractivity contribution in [1.29, 1.82) is 0 Å². The molecule has 0 unspecified atom stereocenters. The lowest BCUT2D eigenvalue weighted by atomic mass is 10.2. The number of carbonyl (C=O) groups excluding carboxylic acids is 1. The molecule has 1 amide bonds. The van der Waals surface area contributed by atoms with E-state index in [0.29, 0.717) is 61.7 Å². The molecule has 0 fully saturated rings. The molecule has 8 nitrogen and oxygen atoms in total. The van der Waals surface area contributed by atoms with Crippen LogP contribution < -0.4 is 9.47 Å². The number of aromatic nitrogens is 3. The number of carbonyl (C=O) groups is 1. The Morgan fingerprint density at radius 3 is 2.73 bits per heavy atom. The second-order valence-electron chi connectivity index (χ2n) is 8.43. The highest BCUT2D eigenvalue weighted by Crippen LogP contribution is 2.32. The molecule has 174 valence electrons. The van der Waals surface area contributed by atoms with Crippen LogP contribution in [-0.2, 0) is 17.8 Å². The highest BCUT2D eigenvalue weighted by atomic mass is 16.5. The number of nitrogens with zero attached hydrogens (tertiary/aromatic N) is 4. The highest BCUT2D eigenvalue weighted by molar-refractivity contribution is 5.76. The second-order valence-corrected chi connectivity index (χ2v) is 8.43. The molecule has 0 spiro atoms. The monoisotopic (exact) mass is 450 g/mol. The molecule has 8 heteroatoms. The summed E-state index contributed by atoms with van der Waals surface area (Å²) in [5.41, 5.74) is 0.847. The summed E-state index contributed by atoms with van der Waals surface area (Å²) in [4.78, 5) is 19.5. The van der Waals surface area contributed by atoms with Crippen molar-refractivity contribution >= 4 is 5.91 Å². The molecule has 1 aromatic carbocycles. The largest absolute Gasteiger partial charge is 0.490 e. The van der Waals surface area contributed by atoms with Gasteiger partial charge in [-0.3, -0.25) is 4.79 Å². The minimum atomic E-state index is 0.0422. The third kappa shape index (κ3) is 6.09. The SMILES string of the molecule is CC(C)c1nnc(CCC(=O)N2CCCCCOc3ccccc3Oc3ncccc3C2)o1. The summed E-state index contributed by atoms with van der Waals surface area (Å²) in [6.07, 6.45) is 5.18. The molecule has 0 aliphatic carbocycles. The fourth-order valence-corrected chi connectivity index (χ4v) is 3.63. The quantitative estimate of drug-likeness (QED) is 0.558. The molecule has 2 aromatic heterocycles. The van der Waals surface area contributed by atoms with E-state index in [0.717, 1.165) is 24.8 Å². The second kappa shape index (κ2) is 10.9. The van der Waals surface area contributed by atoms with E-state index in [1.807, 2.05) is 55.1 Å². The Balaban J connectivity index is 1.51. The van der Waals surface area contributed by atoms with Crippen LogP contribution in [0.5, 0.6) is 17.4 Å². The van der Waals surface area contributed by atoms with Crippen molar-refractivity contribution < 1.29 is 18.7 Å². The minimum absolute atomic E-state index is 0.0422. The van der Waals surface area contributed by atoms with E-state index in [4.69, 9.17) is 13.9 Å². The lowest BCUT2D eigenvalue weighted by Crippen LogP contribution is -2.32. The zero-order valence-corrected chi connectivity index (χ0v) is 19.2. The number of hydrogen-bond acceptors (Lipinski definition) is 7. The summed E-state index contributed by atoms with van der Waals surface area (Å²) in [7, 11) is 0. The zero-order chi connectivity index (χ0) is 23.0. The van der Waals surface area contributed by atoms with Crippen LogP contribution >= 0.6 is 0 Å². The van der Waals surface area contributed by atoms with Crippen LogP contribution in [0, 0.1) is 0 Å². The van der Waals surface area contributed by atoms with Crippen molar-refractivity contribution in [2.75, 3.05) is 13.2 Å². The first-order chi connectivity index (χ1) is 16.1. The third-order valence-electron chi connectivity index (χ3n) is 5.48. The van der Waals surface area contributed by atoms with Gasteiger partial charge in [-0.15, -0.1) is 10.2 Å². The van der Waals surface area contributed by atoms with Gasteiger partial charge in [0.1, 0.15) is 0 Å². The van der Waals surface area contributed by atoms with Crippen molar-refractivity contribution in [2.45, 2.75) is 58.4 Å². The van der Waals surface area contributed by atoms with E-state index in [9.17, 15) is 4.79 Å². The number of amides is 1. The first-order valence-electron chi connectivity index (χ1n) is 11.5. The number of aryl methyl sites for hydroxylation is 1. The van der Waals surface area contributed by atoms with Crippen LogP contribution in [0.15, 0.2) is 47.0 Å². The van der Waals surface area contributed by atoms with E-state index in [2.05, 4.69) is 15.2 Å². The van der Waals surface area contributed by atoms with E-state index in [1.54, 1.807) is 6.20 Å². The van der Waals surface area contributed by atoms with Crippen LogP contribution in [0.3, 0.4) is 0 Å². The predicted octanol–water partition coefficient (Wildman–Crippen LogP) is 4.90. The highest BCUT2D eigenvalue weighted by Gasteiger charge is 2.20. The molecule has 0 N–H and O–H groups in total. The topological polar surface area (TPSA) is 90.6 Å². The van der Waals surface area contributed by atoms with E-state index in [-0.39, 0.29) is 11.8 Å². The van der Waals surface area contributed by atoms with Gasteiger partial charge in [0.25, 0.3) is 0 Å². The minimum Gasteiger partial charge on any atom is -0.490 e. The van der Waals surface area contributed by atoms with E-state index < -0.39 is 0 Å². The van der Waals surface area contributed by atoms with Gasteiger partial charge >= 0.3 is 0 Å². The van der Waals surface area contributed by atoms with Crippen molar-refractivity contribution in [3.63, 3.8) is 0 Å². The van der Waals surface area contributed by atoms with Crippen LogP contribution in [0.25, 0.3) is 0 Å². The van der Waals surface area contributed by atoms with Gasteiger partial charge in [0.15, 0.2) is 11.5 Å². The van der Waals surface area contributed by atoms with Gasteiger partial charge in [-0.25, -0.2) is 4.98 Å². The Labute approximate surface area is 193 Å². The molecule has 3 heterocycles. The lowest BCUT2D eigenvalue weighted by Gasteiger charge is -2.23. The lowest BCUT2D eigenvalue weighted by molar-refractivity contribution is -0.132. The average molecular weight is 451 g/mol. The van der Waals surface area contributed by atoms with Crippen LogP contribution in [0.1, 0.15) is 62.8 Å². The Morgan fingerprint density at radius 2 is 1.91 bits per heavy atom. The van der Waals surface area contributed by atoms with Gasteiger partial charge in [-0.1, -0.05) is 32.0 Å². The van der Waals surface area contributed by atoms with Crippen molar-refractivity contribution in [2.24, 2.45) is 0 Å². The van der Waals surface area contributed by atoms with Gasteiger partial charge in [0, 0.05) is 37.1 Å². The van der Waals surface area contributed by atoms with Gasteiger partial charge in [-0.2, -0.15) is 0 Å². The van der Waals surface area contributed by atoms with E-state index in [1.165, 1.54) is 0 Å². The zero-order valence-electron chi connectivity index (χ0n) is 19.2. The molecule has 1 aliphatic rings. The molecular formula is C25H30N4O4. The van der Waals surface area contributed by atoms with Gasteiger partial charge in [0.05, 0.1) is 13.2 Å². The molecule has 4 rings (SSSR count). The fourth-order valence-electron chi connectivity index (χ4n) is 3.63. The molecule has 0 radical (unpaired) electrons.